The van der Waals surface area contributed by atoms with E-state index in [1.807, 2.05) is 0 Å². The number of aromatic nitrogens is 1. The van der Waals surface area contributed by atoms with Crippen LogP contribution in [0.25, 0.3) is 0 Å². The third-order valence-corrected chi connectivity index (χ3v) is 4.34. The van der Waals surface area contributed by atoms with E-state index >= 15 is 0 Å². The van der Waals surface area contributed by atoms with Gasteiger partial charge in [0, 0.05) is 6.04 Å². The van der Waals surface area contributed by atoms with Crippen molar-refractivity contribution in [3.63, 3.8) is 0 Å². The molecule has 0 aliphatic heterocycles. The normalized spacial score (nSPS) is 30.7. The van der Waals surface area contributed by atoms with Crippen molar-refractivity contribution in [2.75, 3.05) is 11.1 Å². The summed E-state index contributed by atoms with van der Waals surface area (Å²) in [5.74, 6) is 1.62. The largest absolute Gasteiger partial charge is 0.389 e. The lowest BCUT2D eigenvalue weighted by atomic mass is 9.94. The van der Waals surface area contributed by atoms with Crippen LogP contribution in [0.1, 0.15) is 33.1 Å². The van der Waals surface area contributed by atoms with E-state index in [1.165, 1.54) is 19.3 Å². The lowest BCUT2D eigenvalue weighted by Crippen LogP contribution is -2.24. The molecule has 1 aromatic rings. The lowest BCUT2D eigenvalue weighted by molar-refractivity contribution is 0.392. The Balaban J connectivity index is 1.96. The SMILES string of the molecule is CCC1CCC(Nc2ncc(N)s2)C1C. The van der Waals surface area contributed by atoms with Crippen molar-refractivity contribution < 1.29 is 0 Å². The second-order valence-electron chi connectivity index (χ2n) is 4.42. The Hall–Kier alpha value is -0.770. The smallest absolute Gasteiger partial charge is 0.184 e. The first-order valence-corrected chi connectivity index (χ1v) is 6.50. The number of nitrogens with one attached hydrogen (secondary N) is 1. The summed E-state index contributed by atoms with van der Waals surface area (Å²) in [6.45, 7) is 4.63. The van der Waals surface area contributed by atoms with Gasteiger partial charge in [-0.1, -0.05) is 31.6 Å². The van der Waals surface area contributed by atoms with Crippen LogP contribution in [0.3, 0.4) is 0 Å². The zero-order chi connectivity index (χ0) is 10.8. The molecule has 0 bridgehead atoms. The van der Waals surface area contributed by atoms with Gasteiger partial charge in [0.2, 0.25) is 0 Å². The van der Waals surface area contributed by atoms with E-state index < -0.39 is 0 Å². The van der Waals surface area contributed by atoms with Gasteiger partial charge in [-0.3, -0.25) is 0 Å². The molecule has 84 valence electrons. The number of rotatable bonds is 3. The molecule has 3 unspecified atom stereocenters. The Morgan fingerprint density at radius 1 is 1.60 bits per heavy atom. The maximum absolute atomic E-state index is 5.66. The van der Waals surface area contributed by atoms with Gasteiger partial charge in [0.1, 0.15) is 5.00 Å². The summed E-state index contributed by atoms with van der Waals surface area (Å²) >= 11 is 1.54. The van der Waals surface area contributed by atoms with Crippen molar-refractivity contribution >= 4 is 21.5 Å². The Kier molecular flexibility index (Phi) is 3.14. The summed E-state index contributed by atoms with van der Waals surface area (Å²) < 4.78 is 0. The Bertz CT molecular complexity index is 323. The van der Waals surface area contributed by atoms with Crippen LogP contribution in [-0.2, 0) is 0 Å². The van der Waals surface area contributed by atoms with Gasteiger partial charge in [-0.2, -0.15) is 0 Å². The van der Waals surface area contributed by atoms with Gasteiger partial charge in [0.25, 0.3) is 0 Å². The first-order valence-electron chi connectivity index (χ1n) is 5.68. The fraction of sp³-hybridized carbons (Fsp3) is 0.727. The zero-order valence-corrected chi connectivity index (χ0v) is 10.2. The number of nitrogen functional groups attached to an aromatic ring is 1. The molecule has 3 nitrogen and oxygen atoms in total. The molecule has 15 heavy (non-hydrogen) atoms. The number of nitrogens with zero attached hydrogens (tertiary/aromatic N) is 1. The van der Waals surface area contributed by atoms with Gasteiger partial charge in [-0.25, -0.2) is 4.98 Å². The van der Waals surface area contributed by atoms with Crippen LogP contribution < -0.4 is 11.1 Å². The lowest BCUT2D eigenvalue weighted by Gasteiger charge is -2.20. The van der Waals surface area contributed by atoms with Crippen LogP contribution in [0, 0.1) is 11.8 Å². The summed E-state index contributed by atoms with van der Waals surface area (Å²) in [6.07, 6.45) is 5.62. The van der Waals surface area contributed by atoms with Crippen molar-refractivity contribution in [1.82, 2.24) is 4.98 Å². The van der Waals surface area contributed by atoms with Gasteiger partial charge in [-0.05, 0) is 24.7 Å². The number of thiazole rings is 1. The molecule has 2 rings (SSSR count). The van der Waals surface area contributed by atoms with E-state index in [1.54, 1.807) is 17.5 Å². The van der Waals surface area contributed by atoms with Crippen molar-refractivity contribution in [3.8, 4) is 0 Å². The van der Waals surface area contributed by atoms with E-state index in [4.69, 9.17) is 5.73 Å². The predicted octanol–water partition coefficient (Wildman–Crippen LogP) is 2.96. The fourth-order valence-electron chi connectivity index (χ4n) is 2.54. The minimum atomic E-state index is 0.584. The number of hydrogen-bond donors (Lipinski definition) is 2. The minimum Gasteiger partial charge on any atom is -0.389 e. The van der Waals surface area contributed by atoms with Crippen LogP contribution >= 0.6 is 11.3 Å². The summed E-state index contributed by atoms with van der Waals surface area (Å²) in [7, 11) is 0. The highest BCUT2D eigenvalue weighted by Gasteiger charge is 2.31. The van der Waals surface area contributed by atoms with Gasteiger partial charge >= 0.3 is 0 Å². The molecule has 3 atom stereocenters. The molecule has 1 heterocycles. The Morgan fingerprint density at radius 3 is 2.93 bits per heavy atom. The third-order valence-electron chi connectivity index (χ3n) is 3.58. The average Bonchev–Trinajstić information content (AvgIpc) is 2.76. The van der Waals surface area contributed by atoms with Crippen LogP contribution in [-0.4, -0.2) is 11.0 Å². The number of hydrogen-bond acceptors (Lipinski definition) is 4. The Morgan fingerprint density at radius 2 is 2.40 bits per heavy atom. The van der Waals surface area contributed by atoms with E-state index in [9.17, 15) is 0 Å². The maximum Gasteiger partial charge on any atom is 0.184 e. The van der Waals surface area contributed by atoms with Crippen LogP contribution in [0.15, 0.2) is 6.20 Å². The number of anilines is 2. The van der Waals surface area contributed by atoms with Crippen molar-refractivity contribution in [2.24, 2.45) is 11.8 Å². The molecule has 0 aromatic carbocycles. The second kappa shape index (κ2) is 4.39. The molecule has 1 aromatic heterocycles. The predicted molar refractivity (Wildman–Crippen MR) is 66.1 cm³/mol. The molecule has 1 aliphatic rings. The van der Waals surface area contributed by atoms with E-state index in [-0.39, 0.29) is 0 Å². The summed E-state index contributed by atoms with van der Waals surface area (Å²) in [5.41, 5.74) is 5.66. The summed E-state index contributed by atoms with van der Waals surface area (Å²) in [6, 6.07) is 0.584. The molecule has 1 fully saturated rings. The maximum atomic E-state index is 5.66. The molecular formula is C11H19N3S. The molecule has 3 N–H and O–H groups in total. The molecule has 1 saturated carbocycles. The molecule has 4 heteroatoms. The first-order chi connectivity index (χ1) is 7.20. The van der Waals surface area contributed by atoms with E-state index in [2.05, 4.69) is 24.1 Å². The molecule has 0 spiro atoms. The Labute approximate surface area is 95.1 Å². The highest BCUT2D eigenvalue weighted by molar-refractivity contribution is 7.19. The molecule has 0 amide bonds. The van der Waals surface area contributed by atoms with Crippen LogP contribution in [0.2, 0.25) is 0 Å². The standard InChI is InChI=1S/C11H19N3S/c1-3-8-4-5-9(7(8)2)14-11-13-6-10(12)15-11/h6-9H,3-5,12H2,1-2H3,(H,13,14). The van der Waals surface area contributed by atoms with Gasteiger partial charge < -0.3 is 11.1 Å². The summed E-state index contributed by atoms with van der Waals surface area (Å²) in [4.78, 5) is 4.25. The average molecular weight is 225 g/mol. The van der Waals surface area contributed by atoms with E-state index in [0.717, 1.165) is 22.0 Å². The first kappa shape index (κ1) is 10.7. The molecule has 1 aliphatic carbocycles. The second-order valence-corrected chi connectivity index (χ2v) is 5.49. The molecule has 0 saturated heterocycles. The zero-order valence-electron chi connectivity index (χ0n) is 9.36. The fourth-order valence-corrected chi connectivity index (χ4v) is 3.18. The monoisotopic (exact) mass is 225 g/mol. The van der Waals surface area contributed by atoms with Crippen molar-refractivity contribution in [1.29, 1.82) is 0 Å². The quantitative estimate of drug-likeness (QED) is 0.831. The van der Waals surface area contributed by atoms with Gasteiger partial charge in [0.05, 0.1) is 6.20 Å². The van der Waals surface area contributed by atoms with Crippen molar-refractivity contribution in [2.45, 2.75) is 39.2 Å². The van der Waals surface area contributed by atoms with Crippen LogP contribution in [0.5, 0.6) is 0 Å². The number of nitrogens with two attached hydrogens (primary N) is 1. The summed E-state index contributed by atoms with van der Waals surface area (Å²) in [5, 5.41) is 5.26. The minimum absolute atomic E-state index is 0.584. The highest BCUT2D eigenvalue weighted by atomic mass is 32.1. The highest BCUT2D eigenvalue weighted by Crippen LogP contribution is 2.36. The molecule has 0 radical (unpaired) electrons. The van der Waals surface area contributed by atoms with Gasteiger partial charge in [0.15, 0.2) is 5.13 Å². The van der Waals surface area contributed by atoms with Crippen molar-refractivity contribution in [3.05, 3.63) is 6.20 Å². The van der Waals surface area contributed by atoms with Gasteiger partial charge in [-0.15, -0.1) is 0 Å². The third kappa shape index (κ3) is 2.25. The molecular weight excluding hydrogens is 206 g/mol. The topological polar surface area (TPSA) is 50.9 Å². The van der Waals surface area contributed by atoms with Crippen LogP contribution in [0.4, 0.5) is 10.1 Å². The van der Waals surface area contributed by atoms with E-state index in [0.29, 0.717) is 6.04 Å².